The molecule has 3 rings (SSSR count). The molecule has 2 nitrogen and oxygen atoms in total. The maximum Gasteiger partial charge on any atom is 0.272 e. The third kappa shape index (κ3) is 1.99. The van der Waals surface area contributed by atoms with Gasteiger partial charge in [-0.2, -0.15) is 0 Å². The molecule has 1 N–H and O–H groups in total. The third-order valence-electron chi connectivity index (χ3n) is 3.08. The number of rotatable bonds is 2. The Morgan fingerprint density at radius 1 is 1.44 bits per heavy atom. The van der Waals surface area contributed by atoms with E-state index in [1.807, 2.05) is 4.90 Å². The molecular formula is C11H14F2N2S. The molecule has 88 valence electrons. The van der Waals surface area contributed by atoms with Crippen LogP contribution in [0.4, 0.5) is 8.78 Å². The Hall–Kier alpha value is -0.520. The van der Waals surface area contributed by atoms with Crippen molar-refractivity contribution in [1.82, 2.24) is 10.2 Å². The molecule has 1 aromatic rings. The smallest absolute Gasteiger partial charge is 0.272 e. The van der Waals surface area contributed by atoms with Crippen molar-refractivity contribution < 1.29 is 8.78 Å². The van der Waals surface area contributed by atoms with Crippen molar-refractivity contribution in [2.75, 3.05) is 19.6 Å². The van der Waals surface area contributed by atoms with E-state index in [9.17, 15) is 8.78 Å². The second kappa shape index (κ2) is 3.75. The molecular weight excluding hydrogens is 230 g/mol. The van der Waals surface area contributed by atoms with Crippen molar-refractivity contribution in [3.05, 3.63) is 21.4 Å². The van der Waals surface area contributed by atoms with Crippen LogP contribution in [0.1, 0.15) is 15.3 Å². The van der Waals surface area contributed by atoms with E-state index in [0.29, 0.717) is 6.54 Å². The summed E-state index contributed by atoms with van der Waals surface area (Å²) in [4.78, 5) is 4.47. The largest absolute Gasteiger partial charge is 0.312 e. The van der Waals surface area contributed by atoms with Gasteiger partial charge in [-0.15, -0.1) is 11.3 Å². The normalized spacial score (nSPS) is 23.9. The van der Waals surface area contributed by atoms with Gasteiger partial charge in [-0.1, -0.05) is 0 Å². The molecule has 0 atom stereocenters. The quantitative estimate of drug-likeness (QED) is 0.854. The number of alkyl halides is 2. The van der Waals surface area contributed by atoms with Gasteiger partial charge in [0, 0.05) is 29.4 Å². The van der Waals surface area contributed by atoms with Gasteiger partial charge in [0.25, 0.3) is 5.92 Å². The van der Waals surface area contributed by atoms with E-state index < -0.39 is 5.92 Å². The second-order valence-electron chi connectivity index (χ2n) is 4.59. The lowest BCUT2D eigenvalue weighted by atomic mass is 10.1. The van der Waals surface area contributed by atoms with Crippen LogP contribution in [0.15, 0.2) is 6.07 Å². The van der Waals surface area contributed by atoms with Gasteiger partial charge in [-0.25, -0.2) is 8.78 Å². The Morgan fingerprint density at radius 3 is 2.94 bits per heavy atom. The van der Waals surface area contributed by atoms with E-state index in [-0.39, 0.29) is 13.1 Å². The zero-order valence-corrected chi connectivity index (χ0v) is 9.75. The Morgan fingerprint density at radius 2 is 2.25 bits per heavy atom. The summed E-state index contributed by atoms with van der Waals surface area (Å²) in [6.45, 7) is 2.51. The minimum absolute atomic E-state index is 0.0756. The van der Waals surface area contributed by atoms with Gasteiger partial charge >= 0.3 is 0 Å². The zero-order valence-electron chi connectivity index (χ0n) is 8.93. The van der Waals surface area contributed by atoms with E-state index in [4.69, 9.17) is 0 Å². The molecule has 0 unspecified atom stereocenters. The average Bonchev–Trinajstić information content (AvgIpc) is 2.56. The van der Waals surface area contributed by atoms with Gasteiger partial charge in [0.1, 0.15) is 0 Å². The predicted molar refractivity (Wildman–Crippen MR) is 60.0 cm³/mol. The van der Waals surface area contributed by atoms with Crippen molar-refractivity contribution in [2.45, 2.75) is 25.4 Å². The number of nitrogens with zero attached hydrogens (tertiary/aromatic N) is 1. The summed E-state index contributed by atoms with van der Waals surface area (Å²) >= 11 is 1.79. The van der Waals surface area contributed by atoms with Gasteiger partial charge in [-0.05, 0) is 18.1 Å². The summed E-state index contributed by atoms with van der Waals surface area (Å²) < 4.78 is 25.3. The van der Waals surface area contributed by atoms with E-state index >= 15 is 0 Å². The van der Waals surface area contributed by atoms with Crippen LogP contribution in [0.25, 0.3) is 0 Å². The fourth-order valence-corrected chi connectivity index (χ4v) is 3.56. The molecule has 1 saturated heterocycles. The minimum Gasteiger partial charge on any atom is -0.312 e. The molecule has 0 amide bonds. The number of thiophene rings is 1. The third-order valence-corrected chi connectivity index (χ3v) is 4.30. The summed E-state index contributed by atoms with van der Waals surface area (Å²) in [7, 11) is 0. The highest BCUT2D eigenvalue weighted by molar-refractivity contribution is 7.12. The van der Waals surface area contributed by atoms with Crippen molar-refractivity contribution in [3.63, 3.8) is 0 Å². The van der Waals surface area contributed by atoms with Crippen molar-refractivity contribution in [2.24, 2.45) is 0 Å². The van der Waals surface area contributed by atoms with Crippen LogP contribution in [-0.4, -0.2) is 30.5 Å². The number of likely N-dealkylation sites (tertiary alicyclic amines) is 1. The predicted octanol–water partition coefficient (Wildman–Crippen LogP) is 1.84. The molecule has 0 spiro atoms. The summed E-state index contributed by atoms with van der Waals surface area (Å²) in [5.74, 6) is -2.45. The first-order valence-corrected chi connectivity index (χ1v) is 6.35. The van der Waals surface area contributed by atoms with E-state index in [1.165, 1.54) is 15.3 Å². The highest BCUT2D eigenvalue weighted by Crippen LogP contribution is 2.31. The molecule has 1 fully saturated rings. The average molecular weight is 244 g/mol. The number of fused-ring (bicyclic) bond motifs is 1. The van der Waals surface area contributed by atoms with Crippen molar-refractivity contribution >= 4 is 11.3 Å². The number of nitrogens with one attached hydrogen (secondary N) is 1. The van der Waals surface area contributed by atoms with Gasteiger partial charge in [0.05, 0.1) is 13.1 Å². The Bertz CT molecular complexity index is 371. The molecule has 0 saturated carbocycles. The van der Waals surface area contributed by atoms with Crippen LogP contribution in [0.5, 0.6) is 0 Å². The van der Waals surface area contributed by atoms with E-state index in [1.54, 1.807) is 11.3 Å². The maximum atomic E-state index is 12.7. The molecule has 0 bridgehead atoms. The highest BCUT2D eigenvalue weighted by atomic mass is 32.1. The fraction of sp³-hybridized carbons (Fsp3) is 0.636. The van der Waals surface area contributed by atoms with E-state index in [0.717, 1.165) is 19.5 Å². The zero-order chi connectivity index (χ0) is 11.2. The first kappa shape index (κ1) is 10.6. The number of halogens is 2. The first-order chi connectivity index (χ1) is 7.62. The van der Waals surface area contributed by atoms with E-state index in [2.05, 4.69) is 11.4 Å². The van der Waals surface area contributed by atoms with Gasteiger partial charge < -0.3 is 5.32 Å². The highest BCUT2D eigenvalue weighted by Gasteiger charge is 2.43. The number of hydrogen-bond acceptors (Lipinski definition) is 3. The lowest BCUT2D eigenvalue weighted by molar-refractivity contribution is -0.133. The van der Waals surface area contributed by atoms with Crippen LogP contribution in [0, 0.1) is 0 Å². The second-order valence-corrected chi connectivity index (χ2v) is 5.81. The number of hydrogen-bond donors (Lipinski definition) is 1. The SMILES string of the molecule is FC1(F)CN(Cc2cc3c(s2)CCNC3)C1. The Kier molecular flexibility index (Phi) is 2.49. The van der Waals surface area contributed by atoms with Crippen LogP contribution in [0.3, 0.4) is 0 Å². The Balaban J connectivity index is 1.65. The summed E-state index contributed by atoms with van der Waals surface area (Å²) in [6, 6.07) is 2.17. The molecule has 2 aliphatic heterocycles. The monoisotopic (exact) mass is 244 g/mol. The molecule has 0 aromatic carbocycles. The van der Waals surface area contributed by atoms with Crippen LogP contribution >= 0.6 is 11.3 Å². The molecule has 5 heteroatoms. The summed E-state index contributed by atoms with van der Waals surface area (Å²) in [6.07, 6.45) is 1.08. The van der Waals surface area contributed by atoms with Crippen LogP contribution in [0.2, 0.25) is 0 Å². The van der Waals surface area contributed by atoms with Crippen molar-refractivity contribution in [1.29, 1.82) is 0 Å². The Labute approximate surface area is 97.3 Å². The van der Waals surface area contributed by atoms with Crippen LogP contribution < -0.4 is 5.32 Å². The molecule has 0 aliphatic carbocycles. The molecule has 1 aromatic heterocycles. The lowest BCUT2D eigenvalue weighted by Crippen LogP contribution is -2.55. The van der Waals surface area contributed by atoms with Gasteiger partial charge in [-0.3, -0.25) is 4.90 Å². The minimum atomic E-state index is -2.45. The van der Waals surface area contributed by atoms with Gasteiger partial charge in [0.2, 0.25) is 0 Å². The molecule has 16 heavy (non-hydrogen) atoms. The molecule has 2 aliphatic rings. The fourth-order valence-electron chi connectivity index (χ4n) is 2.33. The standard InChI is InChI=1S/C11H14F2N2S/c12-11(13)6-15(7-11)5-9-3-8-4-14-2-1-10(8)16-9/h3,14H,1-2,4-7H2. The van der Waals surface area contributed by atoms with Crippen molar-refractivity contribution in [3.8, 4) is 0 Å². The first-order valence-electron chi connectivity index (χ1n) is 5.54. The van der Waals surface area contributed by atoms with Gasteiger partial charge in [0.15, 0.2) is 0 Å². The molecule has 0 radical (unpaired) electrons. The van der Waals surface area contributed by atoms with Crippen LogP contribution in [-0.2, 0) is 19.5 Å². The maximum absolute atomic E-state index is 12.7. The molecule has 3 heterocycles. The topological polar surface area (TPSA) is 15.3 Å². The summed E-state index contributed by atoms with van der Waals surface area (Å²) in [5.41, 5.74) is 1.36. The summed E-state index contributed by atoms with van der Waals surface area (Å²) in [5, 5.41) is 3.32. The lowest BCUT2D eigenvalue weighted by Gasteiger charge is -2.38.